The molecule has 66 valence electrons. The number of benzene rings is 1. The molecule has 1 aromatic rings. The van der Waals surface area contributed by atoms with E-state index in [0.29, 0.717) is 5.92 Å². The molecule has 1 N–H and O–H groups in total. The maximum Gasteiger partial charge on any atom is 0.0421 e. The van der Waals surface area contributed by atoms with Crippen molar-refractivity contribution >= 4 is 5.69 Å². The van der Waals surface area contributed by atoms with E-state index in [1.807, 2.05) is 0 Å². The minimum absolute atomic E-state index is 0.671. The maximum absolute atomic E-state index is 3.50. The van der Waals surface area contributed by atoms with Gasteiger partial charge in [0.05, 0.1) is 0 Å². The Labute approximate surface area is 78.5 Å². The van der Waals surface area contributed by atoms with E-state index in [2.05, 4.69) is 35.7 Å². The molecular formula is C12H13N. The van der Waals surface area contributed by atoms with Crippen molar-refractivity contribution in [2.45, 2.75) is 25.2 Å². The van der Waals surface area contributed by atoms with Crippen LogP contribution in [-0.2, 0) is 0 Å². The zero-order valence-corrected chi connectivity index (χ0v) is 7.59. The van der Waals surface area contributed by atoms with Crippen LogP contribution < -0.4 is 5.32 Å². The molecule has 0 spiro atoms. The van der Waals surface area contributed by atoms with E-state index in [9.17, 15) is 0 Å². The summed E-state index contributed by atoms with van der Waals surface area (Å²) in [5.74, 6) is 0.671. The Balaban J connectivity index is 2.12. The normalized spacial score (nSPS) is 24.3. The summed E-state index contributed by atoms with van der Waals surface area (Å²) in [7, 11) is 0. The predicted molar refractivity (Wildman–Crippen MR) is 54.7 cm³/mol. The summed E-state index contributed by atoms with van der Waals surface area (Å²) in [5.41, 5.74) is 4.25. The van der Waals surface area contributed by atoms with Crippen LogP contribution in [0.1, 0.15) is 30.7 Å². The second-order valence-electron chi connectivity index (χ2n) is 3.86. The highest BCUT2D eigenvalue weighted by molar-refractivity contribution is 5.65. The first kappa shape index (κ1) is 7.19. The van der Waals surface area contributed by atoms with Gasteiger partial charge < -0.3 is 5.32 Å². The van der Waals surface area contributed by atoms with Crippen molar-refractivity contribution in [1.29, 1.82) is 0 Å². The first-order chi connectivity index (χ1) is 6.45. The van der Waals surface area contributed by atoms with Crippen LogP contribution >= 0.6 is 0 Å². The van der Waals surface area contributed by atoms with Gasteiger partial charge in [0, 0.05) is 17.3 Å². The third kappa shape index (κ3) is 0.998. The molecule has 0 bridgehead atoms. The molecule has 1 aromatic carbocycles. The average molecular weight is 171 g/mol. The molecule has 0 fully saturated rings. The molecule has 3 rings (SSSR count). The number of nitrogens with one attached hydrogen (secondary N) is 1. The molecule has 0 saturated carbocycles. The second kappa shape index (κ2) is 2.63. The topological polar surface area (TPSA) is 12.0 Å². The van der Waals surface area contributed by atoms with Gasteiger partial charge in [0.15, 0.2) is 0 Å². The SMILES string of the molecule is C1=C2Nc3ccccc3C2CCC1. The molecule has 0 amide bonds. The summed E-state index contributed by atoms with van der Waals surface area (Å²) >= 11 is 0. The van der Waals surface area contributed by atoms with Gasteiger partial charge in [-0.05, 0) is 30.9 Å². The second-order valence-corrected chi connectivity index (χ2v) is 3.86. The van der Waals surface area contributed by atoms with Gasteiger partial charge in [-0.2, -0.15) is 0 Å². The van der Waals surface area contributed by atoms with Gasteiger partial charge in [0.25, 0.3) is 0 Å². The van der Waals surface area contributed by atoms with Crippen molar-refractivity contribution < 1.29 is 0 Å². The lowest BCUT2D eigenvalue weighted by atomic mass is 9.89. The zero-order chi connectivity index (χ0) is 8.67. The predicted octanol–water partition coefficient (Wildman–Crippen LogP) is 3.26. The Kier molecular flexibility index (Phi) is 1.45. The van der Waals surface area contributed by atoms with Crippen LogP contribution in [0.4, 0.5) is 5.69 Å². The molecular weight excluding hydrogens is 158 g/mol. The standard InChI is InChI=1S/C12H13N/c1-3-7-11-9(5-1)10-6-2-4-8-12(10)13-11/h1,3,5,7-8,10,13H,2,4,6H2. The molecule has 1 heterocycles. The molecule has 0 radical (unpaired) electrons. The number of hydrogen-bond acceptors (Lipinski definition) is 1. The summed E-state index contributed by atoms with van der Waals surface area (Å²) in [5, 5.41) is 3.50. The molecule has 1 nitrogen and oxygen atoms in total. The monoisotopic (exact) mass is 171 g/mol. The Hall–Kier alpha value is -1.24. The molecule has 0 aromatic heterocycles. The molecule has 2 aliphatic rings. The highest BCUT2D eigenvalue weighted by atomic mass is 14.9. The van der Waals surface area contributed by atoms with E-state index in [0.717, 1.165) is 0 Å². The first-order valence-electron chi connectivity index (χ1n) is 5.01. The van der Waals surface area contributed by atoms with Gasteiger partial charge in [-0.15, -0.1) is 0 Å². The summed E-state index contributed by atoms with van der Waals surface area (Å²) < 4.78 is 0. The van der Waals surface area contributed by atoms with E-state index in [4.69, 9.17) is 0 Å². The number of allylic oxidation sites excluding steroid dienone is 2. The quantitative estimate of drug-likeness (QED) is 0.631. The lowest BCUT2D eigenvalue weighted by Gasteiger charge is -2.16. The number of rotatable bonds is 0. The van der Waals surface area contributed by atoms with Gasteiger partial charge in [-0.1, -0.05) is 24.3 Å². The van der Waals surface area contributed by atoms with Crippen molar-refractivity contribution in [1.82, 2.24) is 0 Å². The minimum Gasteiger partial charge on any atom is -0.358 e. The fourth-order valence-corrected chi connectivity index (χ4v) is 2.41. The van der Waals surface area contributed by atoms with E-state index in [1.54, 1.807) is 0 Å². The molecule has 0 saturated heterocycles. The molecule has 1 unspecified atom stereocenters. The van der Waals surface area contributed by atoms with E-state index >= 15 is 0 Å². The summed E-state index contributed by atoms with van der Waals surface area (Å²) in [6, 6.07) is 8.66. The minimum atomic E-state index is 0.671. The molecule has 1 atom stereocenters. The Morgan fingerprint density at radius 1 is 1.23 bits per heavy atom. The summed E-state index contributed by atoms with van der Waals surface area (Å²) in [6.07, 6.45) is 6.25. The van der Waals surface area contributed by atoms with Crippen molar-refractivity contribution in [3.63, 3.8) is 0 Å². The third-order valence-electron chi connectivity index (χ3n) is 3.05. The fraction of sp³-hybridized carbons (Fsp3) is 0.333. The summed E-state index contributed by atoms with van der Waals surface area (Å²) in [6.45, 7) is 0. The van der Waals surface area contributed by atoms with E-state index in [1.165, 1.54) is 36.2 Å². The highest BCUT2D eigenvalue weighted by Crippen LogP contribution is 2.43. The highest BCUT2D eigenvalue weighted by Gasteiger charge is 2.27. The van der Waals surface area contributed by atoms with Crippen molar-refractivity contribution in [2.24, 2.45) is 0 Å². The van der Waals surface area contributed by atoms with Crippen LogP contribution in [0, 0.1) is 0 Å². The lowest BCUT2D eigenvalue weighted by molar-refractivity contribution is 0.641. The Morgan fingerprint density at radius 2 is 2.15 bits per heavy atom. The maximum atomic E-state index is 3.50. The smallest absolute Gasteiger partial charge is 0.0421 e. The first-order valence-corrected chi connectivity index (χ1v) is 5.01. The fourth-order valence-electron chi connectivity index (χ4n) is 2.41. The van der Waals surface area contributed by atoms with Crippen LogP contribution in [0.15, 0.2) is 36.0 Å². The van der Waals surface area contributed by atoms with Gasteiger partial charge in [-0.25, -0.2) is 0 Å². The van der Waals surface area contributed by atoms with Crippen molar-refractivity contribution in [3.05, 3.63) is 41.6 Å². The molecule has 1 heteroatoms. The molecule has 1 aliphatic carbocycles. The Bertz CT molecular complexity index is 365. The number of para-hydroxylation sites is 1. The number of fused-ring (bicyclic) bond motifs is 3. The number of hydrogen-bond donors (Lipinski definition) is 1. The van der Waals surface area contributed by atoms with Crippen LogP contribution in [0.5, 0.6) is 0 Å². The van der Waals surface area contributed by atoms with Crippen LogP contribution in [0.25, 0.3) is 0 Å². The van der Waals surface area contributed by atoms with Crippen molar-refractivity contribution in [3.8, 4) is 0 Å². The third-order valence-corrected chi connectivity index (χ3v) is 3.05. The van der Waals surface area contributed by atoms with Crippen molar-refractivity contribution in [2.75, 3.05) is 5.32 Å². The summed E-state index contributed by atoms with van der Waals surface area (Å²) in [4.78, 5) is 0. The van der Waals surface area contributed by atoms with E-state index < -0.39 is 0 Å². The Morgan fingerprint density at radius 3 is 3.15 bits per heavy atom. The van der Waals surface area contributed by atoms with Gasteiger partial charge in [0.1, 0.15) is 0 Å². The van der Waals surface area contributed by atoms with Crippen LogP contribution in [-0.4, -0.2) is 0 Å². The average Bonchev–Trinajstić information content (AvgIpc) is 2.56. The van der Waals surface area contributed by atoms with E-state index in [-0.39, 0.29) is 0 Å². The van der Waals surface area contributed by atoms with Crippen LogP contribution in [0.2, 0.25) is 0 Å². The largest absolute Gasteiger partial charge is 0.358 e. The lowest BCUT2D eigenvalue weighted by Crippen LogP contribution is -2.04. The molecule has 13 heavy (non-hydrogen) atoms. The van der Waals surface area contributed by atoms with Crippen LogP contribution in [0.3, 0.4) is 0 Å². The van der Waals surface area contributed by atoms with Gasteiger partial charge >= 0.3 is 0 Å². The van der Waals surface area contributed by atoms with Gasteiger partial charge in [-0.3, -0.25) is 0 Å². The van der Waals surface area contributed by atoms with Gasteiger partial charge in [0.2, 0.25) is 0 Å². The zero-order valence-electron chi connectivity index (χ0n) is 7.59. The molecule has 1 aliphatic heterocycles. The number of anilines is 1.